The molecule has 0 saturated carbocycles. The largest absolute Gasteiger partial charge is 0.381 e. The summed E-state index contributed by atoms with van der Waals surface area (Å²) in [5, 5.41) is 1.86. The van der Waals surface area contributed by atoms with Gasteiger partial charge in [-0.1, -0.05) is 0 Å². The molecule has 0 aliphatic carbocycles. The van der Waals surface area contributed by atoms with Crippen molar-refractivity contribution in [1.82, 2.24) is 4.31 Å². The highest BCUT2D eigenvalue weighted by molar-refractivity contribution is 7.89. The van der Waals surface area contributed by atoms with Crippen molar-refractivity contribution in [2.24, 2.45) is 11.7 Å². The van der Waals surface area contributed by atoms with E-state index in [2.05, 4.69) is 0 Å². The van der Waals surface area contributed by atoms with E-state index in [1.165, 1.54) is 15.6 Å². The molecule has 2 N–H and O–H groups in total. The smallest absolute Gasteiger partial charge is 0.244 e. The zero-order valence-corrected chi connectivity index (χ0v) is 13.6. The van der Waals surface area contributed by atoms with Crippen molar-refractivity contribution in [3.8, 4) is 0 Å². The van der Waals surface area contributed by atoms with Gasteiger partial charge in [0.2, 0.25) is 10.0 Å². The molecule has 0 bridgehead atoms. The van der Waals surface area contributed by atoms with Crippen molar-refractivity contribution in [1.29, 1.82) is 0 Å². The first-order valence-corrected chi connectivity index (χ1v) is 9.10. The van der Waals surface area contributed by atoms with Gasteiger partial charge in [0.1, 0.15) is 4.90 Å². The Kier molecular flexibility index (Phi) is 5.19. The number of hydrogen-bond acceptors (Lipinski definition) is 5. The predicted octanol–water partition coefficient (Wildman–Crippen LogP) is 1.56. The minimum atomic E-state index is -3.45. The maximum Gasteiger partial charge on any atom is 0.244 e. The van der Waals surface area contributed by atoms with E-state index >= 15 is 0 Å². The van der Waals surface area contributed by atoms with Gasteiger partial charge in [-0.15, -0.1) is 11.3 Å². The van der Waals surface area contributed by atoms with Gasteiger partial charge in [-0.25, -0.2) is 12.7 Å². The van der Waals surface area contributed by atoms with Crippen LogP contribution in [0.4, 0.5) is 0 Å². The van der Waals surface area contributed by atoms with Gasteiger partial charge in [0, 0.05) is 38.2 Å². The molecule has 0 atom stereocenters. The Morgan fingerprint density at radius 2 is 2.10 bits per heavy atom. The highest BCUT2D eigenvalue weighted by Crippen LogP contribution is 2.29. The number of ether oxygens (including phenoxy) is 1. The van der Waals surface area contributed by atoms with Gasteiger partial charge >= 0.3 is 0 Å². The van der Waals surface area contributed by atoms with Gasteiger partial charge in [0.15, 0.2) is 0 Å². The van der Waals surface area contributed by atoms with Crippen LogP contribution in [0.15, 0.2) is 10.3 Å². The summed E-state index contributed by atoms with van der Waals surface area (Å²) in [5.41, 5.74) is 6.44. The number of rotatable bonds is 5. The van der Waals surface area contributed by atoms with Gasteiger partial charge < -0.3 is 10.5 Å². The summed E-state index contributed by atoms with van der Waals surface area (Å²) < 4.78 is 32.2. The second kappa shape index (κ2) is 6.53. The molecule has 0 amide bonds. The zero-order chi connectivity index (χ0) is 14.8. The first-order chi connectivity index (χ1) is 9.46. The highest BCUT2D eigenvalue weighted by atomic mass is 32.2. The summed E-state index contributed by atoms with van der Waals surface area (Å²) in [6, 6.07) is 0. The Hall–Kier alpha value is -0.470. The molecule has 1 aliphatic rings. The fourth-order valence-electron chi connectivity index (χ4n) is 2.52. The van der Waals surface area contributed by atoms with Crippen LogP contribution in [-0.2, 0) is 21.3 Å². The summed E-state index contributed by atoms with van der Waals surface area (Å²) in [6.45, 7) is 4.09. The standard InChI is InChI=1S/C13H22N2O3S2/c1-10-9-19-12(7-14)13(10)20(16,17)15(2)8-11-3-5-18-6-4-11/h9,11H,3-8,14H2,1-2H3. The third-order valence-corrected chi connectivity index (χ3v) is 7.01. The molecule has 1 aromatic rings. The van der Waals surface area contributed by atoms with Crippen molar-refractivity contribution in [2.45, 2.75) is 31.2 Å². The molecule has 1 saturated heterocycles. The van der Waals surface area contributed by atoms with Crippen molar-refractivity contribution >= 4 is 21.4 Å². The van der Waals surface area contributed by atoms with Crippen LogP contribution in [-0.4, -0.2) is 39.5 Å². The van der Waals surface area contributed by atoms with Crippen LogP contribution >= 0.6 is 11.3 Å². The lowest BCUT2D eigenvalue weighted by Crippen LogP contribution is -2.34. The third kappa shape index (κ3) is 3.23. The lowest BCUT2D eigenvalue weighted by atomic mass is 10.0. The number of nitrogens with zero attached hydrogens (tertiary/aromatic N) is 1. The fraction of sp³-hybridized carbons (Fsp3) is 0.692. The zero-order valence-electron chi connectivity index (χ0n) is 12.0. The third-order valence-electron chi connectivity index (χ3n) is 3.70. The molecule has 114 valence electrons. The van der Waals surface area contributed by atoms with Gasteiger partial charge in [0.05, 0.1) is 0 Å². The van der Waals surface area contributed by atoms with Crippen LogP contribution in [0.2, 0.25) is 0 Å². The quantitative estimate of drug-likeness (QED) is 0.894. The Labute approximate surface area is 124 Å². The van der Waals surface area contributed by atoms with Crippen LogP contribution in [0, 0.1) is 12.8 Å². The van der Waals surface area contributed by atoms with Crippen molar-refractivity contribution in [2.75, 3.05) is 26.8 Å². The first kappa shape index (κ1) is 15.9. The summed E-state index contributed by atoms with van der Waals surface area (Å²) >= 11 is 1.42. The van der Waals surface area contributed by atoms with Crippen molar-refractivity contribution in [3.05, 3.63) is 15.8 Å². The average molecular weight is 318 g/mol. The Bertz CT molecular complexity index is 548. The Morgan fingerprint density at radius 3 is 2.70 bits per heavy atom. The van der Waals surface area contributed by atoms with E-state index in [1.54, 1.807) is 7.05 Å². The summed E-state index contributed by atoms with van der Waals surface area (Å²) in [4.78, 5) is 1.14. The molecule has 0 aromatic carbocycles. The summed E-state index contributed by atoms with van der Waals surface area (Å²) in [5.74, 6) is 0.379. The van der Waals surface area contributed by atoms with Gasteiger partial charge in [0.25, 0.3) is 0 Å². The van der Waals surface area contributed by atoms with E-state index in [-0.39, 0.29) is 6.54 Å². The second-order valence-electron chi connectivity index (χ2n) is 5.22. The SMILES string of the molecule is Cc1csc(CN)c1S(=O)(=O)N(C)CC1CCOCC1. The lowest BCUT2D eigenvalue weighted by molar-refractivity contribution is 0.0620. The van der Waals surface area contributed by atoms with Crippen LogP contribution in [0.25, 0.3) is 0 Å². The van der Waals surface area contributed by atoms with E-state index in [0.717, 1.165) is 36.5 Å². The van der Waals surface area contributed by atoms with Crippen LogP contribution in [0.1, 0.15) is 23.3 Å². The minimum Gasteiger partial charge on any atom is -0.381 e. The van der Waals surface area contributed by atoms with E-state index in [0.29, 0.717) is 17.4 Å². The molecule has 0 spiro atoms. The number of aryl methyl sites for hydroxylation is 1. The highest BCUT2D eigenvalue weighted by Gasteiger charge is 2.29. The number of nitrogens with two attached hydrogens (primary N) is 1. The molecule has 20 heavy (non-hydrogen) atoms. The number of thiophene rings is 1. The van der Waals surface area contributed by atoms with E-state index in [1.807, 2.05) is 12.3 Å². The lowest BCUT2D eigenvalue weighted by Gasteiger charge is -2.27. The maximum atomic E-state index is 12.7. The van der Waals surface area contributed by atoms with Crippen LogP contribution in [0.3, 0.4) is 0 Å². The first-order valence-electron chi connectivity index (χ1n) is 6.78. The van der Waals surface area contributed by atoms with Gasteiger partial charge in [-0.2, -0.15) is 0 Å². The minimum absolute atomic E-state index is 0.262. The molecule has 2 heterocycles. The summed E-state index contributed by atoms with van der Waals surface area (Å²) in [6.07, 6.45) is 1.85. The monoisotopic (exact) mass is 318 g/mol. The molecule has 7 heteroatoms. The van der Waals surface area contributed by atoms with Crippen molar-refractivity contribution in [3.63, 3.8) is 0 Å². The topological polar surface area (TPSA) is 72.6 Å². The summed E-state index contributed by atoms with van der Waals surface area (Å²) in [7, 11) is -1.79. The van der Waals surface area contributed by atoms with Gasteiger partial charge in [-0.05, 0) is 36.6 Å². The molecular formula is C13H22N2O3S2. The van der Waals surface area contributed by atoms with E-state index < -0.39 is 10.0 Å². The molecule has 0 unspecified atom stereocenters. The van der Waals surface area contributed by atoms with E-state index in [4.69, 9.17) is 10.5 Å². The Morgan fingerprint density at radius 1 is 1.45 bits per heavy atom. The van der Waals surface area contributed by atoms with Gasteiger partial charge in [-0.3, -0.25) is 0 Å². The number of sulfonamides is 1. The fourth-order valence-corrected chi connectivity index (χ4v) is 5.41. The molecule has 1 aromatic heterocycles. The molecule has 1 fully saturated rings. The molecule has 1 aliphatic heterocycles. The molecule has 5 nitrogen and oxygen atoms in total. The van der Waals surface area contributed by atoms with Crippen LogP contribution in [0.5, 0.6) is 0 Å². The van der Waals surface area contributed by atoms with E-state index in [9.17, 15) is 8.42 Å². The average Bonchev–Trinajstić information content (AvgIpc) is 2.81. The normalized spacial score (nSPS) is 17.8. The predicted molar refractivity (Wildman–Crippen MR) is 80.3 cm³/mol. The number of hydrogen-bond donors (Lipinski definition) is 1. The molecule has 0 radical (unpaired) electrons. The molecule has 2 rings (SSSR count). The maximum absolute atomic E-state index is 12.7. The van der Waals surface area contributed by atoms with Crippen LogP contribution < -0.4 is 5.73 Å². The second-order valence-corrected chi connectivity index (χ2v) is 8.16. The van der Waals surface area contributed by atoms with Crippen molar-refractivity contribution < 1.29 is 13.2 Å². The Balaban J connectivity index is 2.18. The molecular weight excluding hydrogens is 296 g/mol.